The minimum absolute atomic E-state index is 0.0639. The van der Waals surface area contributed by atoms with Gasteiger partial charge in [-0.3, -0.25) is 14.4 Å². The second kappa shape index (κ2) is 10.2. The molecule has 2 aromatic carbocycles. The predicted octanol–water partition coefficient (Wildman–Crippen LogP) is 4.40. The Hall–Kier alpha value is -3.87. The van der Waals surface area contributed by atoms with Crippen molar-refractivity contribution < 1.29 is 18.8 Å². The summed E-state index contributed by atoms with van der Waals surface area (Å²) >= 11 is 0. The quantitative estimate of drug-likeness (QED) is 0.588. The van der Waals surface area contributed by atoms with E-state index in [2.05, 4.69) is 10.6 Å². The van der Waals surface area contributed by atoms with Gasteiger partial charge in [-0.15, -0.1) is 0 Å². The number of piperidine rings is 1. The Morgan fingerprint density at radius 1 is 0.909 bits per heavy atom. The molecule has 3 amide bonds. The molecule has 7 heteroatoms. The van der Waals surface area contributed by atoms with Crippen LogP contribution in [0.3, 0.4) is 0 Å². The van der Waals surface area contributed by atoms with Crippen LogP contribution in [0, 0.1) is 6.92 Å². The van der Waals surface area contributed by atoms with Crippen molar-refractivity contribution in [2.45, 2.75) is 32.7 Å². The van der Waals surface area contributed by atoms with Crippen molar-refractivity contribution >= 4 is 23.4 Å². The predicted molar refractivity (Wildman–Crippen MR) is 125 cm³/mol. The van der Waals surface area contributed by atoms with Crippen LogP contribution in [-0.2, 0) is 6.54 Å². The number of carbonyl (C=O) groups is 3. The van der Waals surface area contributed by atoms with E-state index in [0.717, 1.165) is 37.1 Å². The lowest BCUT2D eigenvalue weighted by Gasteiger charge is -2.26. The molecule has 33 heavy (non-hydrogen) atoms. The van der Waals surface area contributed by atoms with Crippen molar-refractivity contribution in [2.75, 3.05) is 18.4 Å². The molecular formula is C26H27N3O4. The van der Waals surface area contributed by atoms with Crippen molar-refractivity contribution in [1.29, 1.82) is 0 Å². The van der Waals surface area contributed by atoms with Crippen LogP contribution in [0.15, 0.2) is 65.3 Å². The largest absolute Gasteiger partial charge is 0.459 e. The zero-order valence-corrected chi connectivity index (χ0v) is 18.6. The fraction of sp³-hybridized carbons (Fsp3) is 0.269. The second-order valence-electron chi connectivity index (χ2n) is 8.19. The number of amides is 3. The van der Waals surface area contributed by atoms with Gasteiger partial charge in [-0.1, -0.05) is 18.2 Å². The van der Waals surface area contributed by atoms with Crippen molar-refractivity contribution in [1.82, 2.24) is 10.2 Å². The first-order chi connectivity index (χ1) is 16.0. The molecule has 1 saturated heterocycles. The molecule has 3 aromatic rings. The van der Waals surface area contributed by atoms with Crippen LogP contribution in [0.4, 0.5) is 5.69 Å². The van der Waals surface area contributed by atoms with Gasteiger partial charge in [0.2, 0.25) is 0 Å². The molecule has 0 spiro atoms. The van der Waals surface area contributed by atoms with Crippen LogP contribution in [-0.4, -0.2) is 35.7 Å². The first-order valence-electron chi connectivity index (χ1n) is 11.1. The summed E-state index contributed by atoms with van der Waals surface area (Å²) in [5.41, 5.74) is 3.39. The molecule has 7 nitrogen and oxygen atoms in total. The first-order valence-corrected chi connectivity index (χ1v) is 11.1. The fourth-order valence-corrected chi connectivity index (χ4v) is 3.82. The SMILES string of the molecule is Cc1ccc(C(=O)NCc2ccc(C(=O)N3CCCCC3)cc2)cc1NC(=O)c1ccco1. The van der Waals surface area contributed by atoms with Gasteiger partial charge in [0.1, 0.15) is 0 Å². The van der Waals surface area contributed by atoms with E-state index in [4.69, 9.17) is 4.42 Å². The van der Waals surface area contributed by atoms with Gasteiger partial charge in [-0.25, -0.2) is 0 Å². The van der Waals surface area contributed by atoms with Crippen LogP contribution in [0.2, 0.25) is 0 Å². The summed E-state index contributed by atoms with van der Waals surface area (Å²) in [6.07, 6.45) is 4.73. The highest BCUT2D eigenvalue weighted by atomic mass is 16.3. The lowest BCUT2D eigenvalue weighted by molar-refractivity contribution is 0.0724. The minimum Gasteiger partial charge on any atom is -0.459 e. The van der Waals surface area contributed by atoms with Crippen LogP contribution in [0.1, 0.15) is 61.7 Å². The van der Waals surface area contributed by atoms with Gasteiger partial charge in [0, 0.05) is 36.4 Å². The molecule has 0 unspecified atom stereocenters. The normalized spacial score (nSPS) is 13.4. The van der Waals surface area contributed by atoms with E-state index in [1.165, 1.54) is 12.7 Å². The Morgan fingerprint density at radius 3 is 2.33 bits per heavy atom. The van der Waals surface area contributed by atoms with E-state index in [-0.39, 0.29) is 23.5 Å². The van der Waals surface area contributed by atoms with Crippen molar-refractivity contribution in [3.05, 3.63) is 88.9 Å². The van der Waals surface area contributed by atoms with Gasteiger partial charge in [0.05, 0.1) is 6.26 Å². The Kier molecular flexibility index (Phi) is 6.88. The van der Waals surface area contributed by atoms with E-state index in [0.29, 0.717) is 23.4 Å². The number of nitrogens with one attached hydrogen (secondary N) is 2. The monoisotopic (exact) mass is 445 g/mol. The zero-order valence-electron chi connectivity index (χ0n) is 18.6. The summed E-state index contributed by atoms with van der Waals surface area (Å²) < 4.78 is 5.12. The van der Waals surface area contributed by atoms with E-state index in [1.54, 1.807) is 30.3 Å². The summed E-state index contributed by atoms with van der Waals surface area (Å²) in [5, 5.41) is 5.67. The molecule has 1 aliphatic heterocycles. The molecule has 1 aromatic heterocycles. The average molecular weight is 446 g/mol. The van der Waals surface area contributed by atoms with Crippen LogP contribution in [0.5, 0.6) is 0 Å². The second-order valence-corrected chi connectivity index (χ2v) is 8.19. The molecule has 0 aliphatic carbocycles. The summed E-state index contributed by atoms with van der Waals surface area (Å²) in [6, 6.07) is 15.7. The Labute approximate surface area is 192 Å². The maximum atomic E-state index is 12.7. The lowest BCUT2D eigenvalue weighted by atomic mass is 10.1. The van der Waals surface area contributed by atoms with E-state index < -0.39 is 0 Å². The number of likely N-dealkylation sites (tertiary alicyclic amines) is 1. The van der Waals surface area contributed by atoms with Crippen LogP contribution >= 0.6 is 0 Å². The highest BCUT2D eigenvalue weighted by Gasteiger charge is 2.18. The first kappa shape index (κ1) is 22.3. The minimum atomic E-state index is -0.375. The van der Waals surface area contributed by atoms with Crippen LogP contribution in [0.25, 0.3) is 0 Å². The molecule has 170 valence electrons. The van der Waals surface area contributed by atoms with Gasteiger partial charge in [0.15, 0.2) is 5.76 Å². The number of aryl methyl sites for hydroxylation is 1. The highest BCUT2D eigenvalue weighted by molar-refractivity contribution is 6.04. The standard InChI is InChI=1S/C26H27N3O4/c1-18-7-10-21(16-22(18)28-25(31)23-6-5-15-33-23)24(30)27-17-19-8-11-20(12-9-19)26(32)29-13-3-2-4-14-29/h5-12,15-16H,2-4,13-14,17H2,1H3,(H,27,30)(H,28,31). The number of hydrogen-bond donors (Lipinski definition) is 2. The summed E-state index contributed by atoms with van der Waals surface area (Å²) in [6.45, 7) is 3.82. The molecular weight excluding hydrogens is 418 g/mol. The molecule has 0 saturated carbocycles. The van der Waals surface area contributed by atoms with E-state index in [9.17, 15) is 14.4 Å². The van der Waals surface area contributed by atoms with Crippen molar-refractivity contribution in [3.8, 4) is 0 Å². The number of carbonyl (C=O) groups excluding carboxylic acids is 3. The Bertz CT molecular complexity index is 1130. The third-order valence-corrected chi connectivity index (χ3v) is 5.79. The number of rotatable bonds is 6. The molecule has 2 heterocycles. The molecule has 1 aliphatic rings. The van der Waals surface area contributed by atoms with Gasteiger partial charge in [-0.05, 0) is 73.7 Å². The van der Waals surface area contributed by atoms with E-state index >= 15 is 0 Å². The molecule has 2 N–H and O–H groups in total. The number of hydrogen-bond acceptors (Lipinski definition) is 4. The van der Waals surface area contributed by atoms with E-state index in [1.807, 2.05) is 36.1 Å². The lowest BCUT2D eigenvalue weighted by Crippen LogP contribution is -2.35. The number of anilines is 1. The summed E-state index contributed by atoms with van der Waals surface area (Å²) in [5.74, 6) is -0.364. The van der Waals surface area contributed by atoms with Gasteiger partial charge < -0.3 is 20.0 Å². The number of benzene rings is 2. The van der Waals surface area contributed by atoms with Crippen LogP contribution < -0.4 is 10.6 Å². The molecule has 4 rings (SSSR count). The molecule has 0 atom stereocenters. The summed E-state index contributed by atoms with van der Waals surface area (Å²) in [4.78, 5) is 39.4. The smallest absolute Gasteiger partial charge is 0.291 e. The summed E-state index contributed by atoms with van der Waals surface area (Å²) in [7, 11) is 0. The number of nitrogens with zero attached hydrogens (tertiary/aromatic N) is 1. The fourth-order valence-electron chi connectivity index (χ4n) is 3.82. The molecule has 0 bridgehead atoms. The Morgan fingerprint density at radius 2 is 1.64 bits per heavy atom. The number of furan rings is 1. The third kappa shape index (κ3) is 5.49. The van der Waals surface area contributed by atoms with Crippen molar-refractivity contribution in [2.24, 2.45) is 0 Å². The highest BCUT2D eigenvalue weighted by Crippen LogP contribution is 2.19. The average Bonchev–Trinajstić information content (AvgIpc) is 3.40. The molecule has 1 fully saturated rings. The van der Waals surface area contributed by atoms with Crippen molar-refractivity contribution in [3.63, 3.8) is 0 Å². The Balaban J connectivity index is 1.35. The third-order valence-electron chi connectivity index (χ3n) is 5.79. The van der Waals surface area contributed by atoms with Gasteiger partial charge in [0.25, 0.3) is 17.7 Å². The van der Waals surface area contributed by atoms with Gasteiger partial charge >= 0.3 is 0 Å². The zero-order chi connectivity index (χ0) is 23.2. The topological polar surface area (TPSA) is 91.7 Å². The maximum absolute atomic E-state index is 12.7. The van der Waals surface area contributed by atoms with Gasteiger partial charge in [-0.2, -0.15) is 0 Å². The maximum Gasteiger partial charge on any atom is 0.291 e. The molecule has 0 radical (unpaired) electrons.